The summed E-state index contributed by atoms with van der Waals surface area (Å²) >= 11 is 0. The van der Waals surface area contributed by atoms with E-state index < -0.39 is 0 Å². The van der Waals surface area contributed by atoms with E-state index >= 15 is 0 Å². The van der Waals surface area contributed by atoms with Gasteiger partial charge in [0.1, 0.15) is 12.4 Å². The average molecular weight is 412 g/mol. The zero-order valence-electron chi connectivity index (χ0n) is 18.0. The zero-order chi connectivity index (χ0) is 21.2. The fourth-order valence-electron chi connectivity index (χ4n) is 3.60. The predicted molar refractivity (Wildman–Crippen MR) is 119 cm³/mol. The van der Waals surface area contributed by atoms with Crippen LogP contribution in [-0.2, 0) is 17.9 Å². The Labute approximate surface area is 178 Å². The maximum atomic E-state index is 11.6. The normalized spacial score (nSPS) is 15.7. The number of imidazole rings is 1. The standard InChI is InChI=1S/C22H33N7O/c1-3-24-22(27-19-9-12-28(13-10-19)17-21(30)23-2)26-15-20-25-11-14-29(20)16-18-7-5-4-6-8-18/h4-8,11,14,19H,3,9-10,12-13,15-17H2,1-2H3,(H,23,30)(H2,24,26,27). The molecule has 3 rings (SSSR count). The second-order valence-electron chi connectivity index (χ2n) is 7.52. The number of nitrogens with one attached hydrogen (secondary N) is 3. The number of carbonyl (C=O) groups excluding carboxylic acids is 1. The molecule has 1 aromatic carbocycles. The first-order valence-corrected chi connectivity index (χ1v) is 10.7. The predicted octanol–water partition coefficient (Wildman–Crippen LogP) is 1.20. The van der Waals surface area contributed by atoms with Crippen molar-refractivity contribution in [2.75, 3.05) is 33.2 Å². The molecule has 0 aliphatic carbocycles. The van der Waals surface area contributed by atoms with Crippen LogP contribution < -0.4 is 16.0 Å². The van der Waals surface area contributed by atoms with Crippen LogP contribution in [0.15, 0.2) is 47.7 Å². The van der Waals surface area contributed by atoms with E-state index in [1.807, 2.05) is 18.5 Å². The quantitative estimate of drug-likeness (QED) is 0.449. The molecule has 1 aliphatic heterocycles. The summed E-state index contributed by atoms with van der Waals surface area (Å²) in [5, 5.41) is 9.58. The number of nitrogens with zero attached hydrogens (tertiary/aromatic N) is 4. The van der Waals surface area contributed by atoms with Gasteiger partial charge in [-0.1, -0.05) is 30.3 Å². The highest BCUT2D eigenvalue weighted by Crippen LogP contribution is 2.10. The second kappa shape index (κ2) is 11.3. The molecule has 0 saturated carbocycles. The fourth-order valence-corrected chi connectivity index (χ4v) is 3.60. The highest BCUT2D eigenvalue weighted by Gasteiger charge is 2.21. The van der Waals surface area contributed by atoms with Crippen LogP contribution in [-0.4, -0.2) is 65.6 Å². The smallest absolute Gasteiger partial charge is 0.233 e. The Morgan fingerprint density at radius 3 is 2.70 bits per heavy atom. The number of rotatable bonds is 8. The largest absolute Gasteiger partial charge is 0.358 e. The van der Waals surface area contributed by atoms with Crippen molar-refractivity contribution >= 4 is 11.9 Å². The first-order valence-electron chi connectivity index (χ1n) is 10.7. The van der Waals surface area contributed by atoms with Crippen molar-refractivity contribution in [3.63, 3.8) is 0 Å². The van der Waals surface area contributed by atoms with Gasteiger partial charge in [-0.15, -0.1) is 0 Å². The number of hydrogen-bond acceptors (Lipinski definition) is 4. The van der Waals surface area contributed by atoms with Crippen LogP contribution in [0.25, 0.3) is 0 Å². The van der Waals surface area contributed by atoms with Crippen molar-refractivity contribution in [3.05, 3.63) is 54.1 Å². The Kier molecular flexibility index (Phi) is 8.26. The van der Waals surface area contributed by atoms with Crippen LogP contribution in [0, 0.1) is 0 Å². The third kappa shape index (κ3) is 6.59. The molecule has 1 amide bonds. The highest BCUT2D eigenvalue weighted by molar-refractivity contribution is 5.80. The van der Waals surface area contributed by atoms with Crippen molar-refractivity contribution in [2.45, 2.75) is 38.9 Å². The Morgan fingerprint density at radius 2 is 2.00 bits per heavy atom. The first-order chi connectivity index (χ1) is 14.7. The van der Waals surface area contributed by atoms with Gasteiger partial charge in [0.05, 0.1) is 6.54 Å². The SMILES string of the molecule is CCNC(=NCc1nccn1Cc1ccccc1)NC1CCN(CC(=O)NC)CC1. The van der Waals surface area contributed by atoms with Crippen molar-refractivity contribution in [2.24, 2.45) is 4.99 Å². The lowest BCUT2D eigenvalue weighted by Crippen LogP contribution is -2.50. The lowest BCUT2D eigenvalue weighted by Gasteiger charge is -2.32. The van der Waals surface area contributed by atoms with Gasteiger partial charge in [0.2, 0.25) is 5.91 Å². The van der Waals surface area contributed by atoms with Crippen molar-refractivity contribution in [1.82, 2.24) is 30.4 Å². The van der Waals surface area contributed by atoms with E-state index in [2.05, 4.69) is 61.6 Å². The van der Waals surface area contributed by atoms with Crippen LogP contribution in [0.3, 0.4) is 0 Å². The van der Waals surface area contributed by atoms with Crippen molar-refractivity contribution < 1.29 is 4.79 Å². The van der Waals surface area contributed by atoms with Crippen LogP contribution in [0.5, 0.6) is 0 Å². The van der Waals surface area contributed by atoms with Crippen LogP contribution in [0.1, 0.15) is 31.2 Å². The Balaban J connectivity index is 1.54. The van der Waals surface area contributed by atoms with Gasteiger partial charge in [-0.3, -0.25) is 9.69 Å². The number of amides is 1. The zero-order valence-corrected chi connectivity index (χ0v) is 18.0. The number of likely N-dealkylation sites (tertiary alicyclic amines) is 1. The molecule has 2 aromatic rings. The minimum absolute atomic E-state index is 0.0716. The molecular weight excluding hydrogens is 378 g/mol. The number of likely N-dealkylation sites (N-methyl/N-ethyl adjacent to an activating group) is 1. The number of carbonyl (C=O) groups is 1. The van der Waals surface area contributed by atoms with Gasteiger partial charge in [-0.05, 0) is 25.3 Å². The molecule has 0 atom stereocenters. The van der Waals surface area contributed by atoms with Crippen LogP contribution in [0.2, 0.25) is 0 Å². The third-order valence-electron chi connectivity index (χ3n) is 5.29. The molecule has 2 heterocycles. The maximum absolute atomic E-state index is 11.6. The molecule has 8 heteroatoms. The Hall–Kier alpha value is -2.87. The molecule has 3 N–H and O–H groups in total. The van der Waals surface area contributed by atoms with E-state index in [0.29, 0.717) is 19.1 Å². The van der Waals surface area contributed by atoms with Crippen LogP contribution >= 0.6 is 0 Å². The molecule has 1 saturated heterocycles. The number of aromatic nitrogens is 2. The number of benzene rings is 1. The van der Waals surface area contributed by atoms with E-state index in [1.54, 1.807) is 7.05 Å². The molecule has 1 aromatic heterocycles. The molecule has 0 radical (unpaired) electrons. The minimum Gasteiger partial charge on any atom is -0.358 e. The fraction of sp³-hybridized carbons (Fsp3) is 0.500. The van der Waals surface area contributed by atoms with Gasteiger partial charge in [-0.25, -0.2) is 9.98 Å². The summed E-state index contributed by atoms with van der Waals surface area (Å²) < 4.78 is 2.14. The number of hydrogen-bond donors (Lipinski definition) is 3. The van der Waals surface area contributed by atoms with Gasteiger partial charge in [0.25, 0.3) is 0 Å². The third-order valence-corrected chi connectivity index (χ3v) is 5.29. The average Bonchev–Trinajstić information content (AvgIpc) is 3.21. The summed E-state index contributed by atoms with van der Waals surface area (Å²) in [7, 11) is 1.68. The molecule has 1 aliphatic rings. The molecular formula is C22H33N7O. The van der Waals surface area contributed by atoms with Crippen molar-refractivity contribution in [3.8, 4) is 0 Å². The summed E-state index contributed by atoms with van der Waals surface area (Å²) in [5.41, 5.74) is 1.24. The molecule has 8 nitrogen and oxygen atoms in total. The summed E-state index contributed by atoms with van der Waals surface area (Å²) in [6.45, 7) is 6.48. The number of piperidine rings is 1. The van der Waals surface area contributed by atoms with E-state index in [4.69, 9.17) is 4.99 Å². The van der Waals surface area contributed by atoms with Gasteiger partial charge in [0, 0.05) is 51.7 Å². The lowest BCUT2D eigenvalue weighted by atomic mass is 10.1. The number of guanidine groups is 1. The summed E-state index contributed by atoms with van der Waals surface area (Å²) in [6.07, 6.45) is 5.81. The molecule has 1 fully saturated rings. The Bertz CT molecular complexity index is 810. The monoisotopic (exact) mass is 411 g/mol. The molecule has 0 bridgehead atoms. The maximum Gasteiger partial charge on any atom is 0.233 e. The summed E-state index contributed by atoms with van der Waals surface area (Å²) in [4.78, 5) is 23.0. The topological polar surface area (TPSA) is 86.6 Å². The van der Waals surface area contributed by atoms with Gasteiger partial charge < -0.3 is 20.5 Å². The van der Waals surface area contributed by atoms with Gasteiger partial charge in [-0.2, -0.15) is 0 Å². The van der Waals surface area contributed by atoms with E-state index in [1.165, 1.54) is 5.56 Å². The van der Waals surface area contributed by atoms with Crippen molar-refractivity contribution in [1.29, 1.82) is 0 Å². The number of aliphatic imine (C=N–C) groups is 1. The van der Waals surface area contributed by atoms with Crippen LogP contribution in [0.4, 0.5) is 0 Å². The van der Waals surface area contributed by atoms with E-state index in [9.17, 15) is 4.79 Å². The van der Waals surface area contributed by atoms with E-state index in [0.717, 1.165) is 50.8 Å². The molecule has 0 spiro atoms. The molecule has 0 unspecified atom stereocenters. The van der Waals surface area contributed by atoms with Gasteiger partial charge in [0.15, 0.2) is 5.96 Å². The summed E-state index contributed by atoms with van der Waals surface area (Å²) in [6, 6.07) is 10.7. The summed E-state index contributed by atoms with van der Waals surface area (Å²) in [5.74, 6) is 1.83. The Morgan fingerprint density at radius 1 is 1.23 bits per heavy atom. The molecule has 30 heavy (non-hydrogen) atoms. The second-order valence-corrected chi connectivity index (χ2v) is 7.52. The first kappa shape index (κ1) is 21.8. The highest BCUT2D eigenvalue weighted by atomic mass is 16.1. The molecule has 162 valence electrons. The van der Waals surface area contributed by atoms with E-state index in [-0.39, 0.29) is 5.91 Å². The lowest BCUT2D eigenvalue weighted by molar-refractivity contribution is -0.122. The minimum atomic E-state index is 0.0716. The van der Waals surface area contributed by atoms with Gasteiger partial charge >= 0.3 is 0 Å².